The second kappa shape index (κ2) is 8.95. The lowest BCUT2D eigenvalue weighted by Gasteiger charge is -2.42. The normalized spacial score (nSPS) is 18.0. The van der Waals surface area contributed by atoms with Crippen molar-refractivity contribution in [1.29, 1.82) is 0 Å². The first-order chi connectivity index (χ1) is 14.8. The van der Waals surface area contributed by atoms with E-state index in [9.17, 15) is 22.4 Å². The number of rotatable bonds is 3. The summed E-state index contributed by atoms with van der Waals surface area (Å²) in [6.45, 7) is 3.86. The van der Waals surface area contributed by atoms with Gasteiger partial charge in [-0.1, -0.05) is 23.2 Å². The molecular weight excluding hydrogens is 477 g/mol. The Bertz CT molecular complexity index is 1020. The predicted molar refractivity (Wildman–Crippen MR) is 110 cm³/mol. The van der Waals surface area contributed by atoms with Crippen LogP contribution in [0.25, 0.3) is 11.4 Å². The van der Waals surface area contributed by atoms with Crippen LogP contribution in [0.1, 0.15) is 20.8 Å². The number of anilines is 1. The second-order valence-electron chi connectivity index (χ2n) is 8.11. The fourth-order valence-electron chi connectivity index (χ4n) is 2.90. The van der Waals surface area contributed by atoms with E-state index in [0.717, 1.165) is 22.2 Å². The fraction of sp³-hybridized carbons (Fsp3) is 0.474. The minimum atomic E-state index is -4.71. The van der Waals surface area contributed by atoms with Crippen molar-refractivity contribution >= 4 is 35.0 Å². The number of hydrogen-bond donors (Lipinski definition) is 0. The van der Waals surface area contributed by atoms with E-state index < -0.39 is 36.1 Å². The van der Waals surface area contributed by atoms with Crippen LogP contribution in [0.3, 0.4) is 0 Å². The molecule has 0 bridgehead atoms. The third-order valence-corrected chi connectivity index (χ3v) is 5.31. The van der Waals surface area contributed by atoms with Crippen LogP contribution < -0.4 is 4.90 Å². The summed E-state index contributed by atoms with van der Waals surface area (Å²) in [5.74, 6) is -1.85. The molecule has 0 N–H and O–H groups in total. The van der Waals surface area contributed by atoms with E-state index >= 15 is 0 Å². The SMILES string of the molecule is CC(C)(C)C(=O)ON1CCN(c2nc(-c3ccnc(F)c3)nc(Cl)c2Cl)C(C(F)(F)F)C1. The third kappa shape index (κ3) is 5.38. The number of piperazine rings is 1. The zero-order chi connectivity index (χ0) is 23.8. The first kappa shape index (κ1) is 24.4. The lowest BCUT2D eigenvalue weighted by Crippen LogP contribution is -2.60. The smallest absolute Gasteiger partial charge is 0.367 e. The summed E-state index contributed by atoms with van der Waals surface area (Å²) in [5, 5.41) is 0.406. The van der Waals surface area contributed by atoms with Crippen molar-refractivity contribution in [2.45, 2.75) is 33.0 Å². The molecule has 3 rings (SSSR count). The molecule has 2 aromatic heterocycles. The van der Waals surface area contributed by atoms with Crippen LogP contribution in [0.15, 0.2) is 18.3 Å². The maximum atomic E-state index is 13.9. The van der Waals surface area contributed by atoms with Gasteiger partial charge in [0.05, 0.1) is 18.5 Å². The molecule has 0 amide bonds. The van der Waals surface area contributed by atoms with Crippen LogP contribution in [0, 0.1) is 11.4 Å². The van der Waals surface area contributed by atoms with Gasteiger partial charge in [-0.3, -0.25) is 0 Å². The molecule has 1 atom stereocenters. The molecular formula is C19H19Cl2F4N5O2. The van der Waals surface area contributed by atoms with Gasteiger partial charge in [-0.15, -0.1) is 5.06 Å². The topological polar surface area (TPSA) is 71.5 Å². The minimum absolute atomic E-state index is 0.0361. The lowest BCUT2D eigenvalue weighted by atomic mass is 9.98. The summed E-state index contributed by atoms with van der Waals surface area (Å²) < 4.78 is 55.3. The summed E-state index contributed by atoms with van der Waals surface area (Å²) in [5.41, 5.74) is -0.720. The van der Waals surface area contributed by atoms with Gasteiger partial charge in [0, 0.05) is 24.4 Å². The quantitative estimate of drug-likeness (QED) is 0.351. The number of alkyl halides is 3. The van der Waals surface area contributed by atoms with Crippen LogP contribution in [-0.2, 0) is 9.63 Å². The molecule has 3 heterocycles. The van der Waals surface area contributed by atoms with Crippen LogP contribution in [0.2, 0.25) is 10.2 Å². The molecule has 13 heteroatoms. The minimum Gasteiger partial charge on any atom is -0.367 e. The summed E-state index contributed by atoms with van der Waals surface area (Å²) in [7, 11) is 0. The van der Waals surface area contributed by atoms with Gasteiger partial charge < -0.3 is 9.74 Å². The van der Waals surface area contributed by atoms with Crippen molar-refractivity contribution in [3.05, 3.63) is 34.5 Å². The number of hydroxylamine groups is 2. The van der Waals surface area contributed by atoms with Gasteiger partial charge in [0.15, 0.2) is 16.8 Å². The monoisotopic (exact) mass is 495 g/mol. The third-order valence-electron chi connectivity index (χ3n) is 4.60. The number of aromatic nitrogens is 3. The summed E-state index contributed by atoms with van der Waals surface area (Å²) in [4.78, 5) is 29.7. The van der Waals surface area contributed by atoms with E-state index in [1.165, 1.54) is 6.07 Å². The molecule has 0 aromatic carbocycles. The van der Waals surface area contributed by atoms with Gasteiger partial charge in [0.25, 0.3) is 0 Å². The molecule has 1 saturated heterocycles. The summed E-state index contributed by atoms with van der Waals surface area (Å²) in [6.07, 6.45) is -3.55. The standard InChI is InChI=1S/C19H19Cl2F4N5O2/c1-18(2,3)17(31)32-29-6-7-30(11(9-29)19(23,24)25)16-13(20)14(21)27-15(28-16)10-4-5-26-12(22)8-10/h4-5,8,11H,6-7,9H2,1-3H3. The van der Waals surface area contributed by atoms with E-state index in [0.29, 0.717) is 0 Å². The molecule has 1 fully saturated rings. The van der Waals surface area contributed by atoms with Gasteiger partial charge in [0.1, 0.15) is 11.1 Å². The number of nitrogens with zero attached hydrogens (tertiary/aromatic N) is 5. The summed E-state index contributed by atoms with van der Waals surface area (Å²) in [6, 6.07) is 0.306. The van der Waals surface area contributed by atoms with Gasteiger partial charge >= 0.3 is 12.1 Å². The number of pyridine rings is 1. The lowest BCUT2D eigenvalue weighted by molar-refractivity contribution is -0.221. The Morgan fingerprint density at radius 1 is 1.19 bits per heavy atom. The van der Waals surface area contributed by atoms with Gasteiger partial charge in [-0.05, 0) is 26.8 Å². The van der Waals surface area contributed by atoms with Gasteiger partial charge in [-0.25, -0.2) is 19.7 Å². The fourth-order valence-corrected chi connectivity index (χ4v) is 3.26. The first-order valence-corrected chi connectivity index (χ1v) is 10.2. The Morgan fingerprint density at radius 2 is 1.88 bits per heavy atom. The molecule has 174 valence electrons. The Morgan fingerprint density at radius 3 is 2.47 bits per heavy atom. The molecule has 0 saturated carbocycles. The van der Waals surface area contributed by atoms with Crippen LogP contribution >= 0.6 is 23.2 Å². The highest BCUT2D eigenvalue weighted by Gasteiger charge is 2.49. The number of halogens is 6. The van der Waals surface area contributed by atoms with Crippen molar-refractivity contribution in [3.8, 4) is 11.4 Å². The van der Waals surface area contributed by atoms with E-state index in [2.05, 4.69) is 15.0 Å². The molecule has 1 unspecified atom stereocenters. The Kier molecular flexibility index (Phi) is 6.83. The molecule has 0 spiro atoms. The Labute approximate surface area is 191 Å². The Balaban J connectivity index is 1.96. The highest BCUT2D eigenvalue weighted by atomic mass is 35.5. The molecule has 1 aliphatic heterocycles. The largest absolute Gasteiger partial charge is 0.410 e. The number of carbonyl (C=O) groups is 1. The Hall–Kier alpha value is -2.24. The van der Waals surface area contributed by atoms with Crippen molar-refractivity contribution in [2.24, 2.45) is 5.41 Å². The van der Waals surface area contributed by atoms with Gasteiger partial charge in [-0.2, -0.15) is 17.6 Å². The summed E-state index contributed by atoms with van der Waals surface area (Å²) >= 11 is 12.2. The maximum absolute atomic E-state index is 13.9. The van der Waals surface area contributed by atoms with Crippen molar-refractivity contribution in [3.63, 3.8) is 0 Å². The number of hydrogen-bond acceptors (Lipinski definition) is 7. The van der Waals surface area contributed by atoms with E-state index in [1.54, 1.807) is 20.8 Å². The molecule has 32 heavy (non-hydrogen) atoms. The molecule has 7 nitrogen and oxygen atoms in total. The second-order valence-corrected chi connectivity index (χ2v) is 8.85. The van der Waals surface area contributed by atoms with Gasteiger partial charge in [0.2, 0.25) is 5.95 Å². The van der Waals surface area contributed by atoms with E-state index in [4.69, 9.17) is 28.0 Å². The zero-order valence-corrected chi connectivity index (χ0v) is 18.8. The number of carbonyl (C=O) groups excluding carboxylic acids is 1. The van der Waals surface area contributed by atoms with Crippen LogP contribution in [0.5, 0.6) is 0 Å². The van der Waals surface area contributed by atoms with Crippen LogP contribution in [0.4, 0.5) is 23.4 Å². The maximum Gasteiger partial charge on any atom is 0.410 e. The van der Waals surface area contributed by atoms with E-state index in [1.807, 2.05) is 0 Å². The first-order valence-electron chi connectivity index (χ1n) is 9.43. The van der Waals surface area contributed by atoms with Crippen molar-refractivity contribution in [2.75, 3.05) is 24.5 Å². The molecule has 2 aromatic rings. The predicted octanol–water partition coefficient (Wildman–Crippen LogP) is 4.54. The highest BCUT2D eigenvalue weighted by Crippen LogP contribution is 2.38. The average molecular weight is 496 g/mol. The van der Waals surface area contributed by atoms with Crippen molar-refractivity contribution in [1.82, 2.24) is 20.0 Å². The van der Waals surface area contributed by atoms with Crippen molar-refractivity contribution < 1.29 is 27.2 Å². The van der Waals surface area contributed by atoms with Crippen LogP contribution in [-0.4, -0.2) is 57.8 Å². The zero-order valence-electron chi connectivity index (χ0n) is 17.3. The average Bonchev–Trinajstić information content (AvgIpc) is 2.68. The molecule has 0 radical (unpaired) electrons. The molecule has 1 aliphatic rings. The highest BCUT2D eigenvalue weighted by molar-refractivity contribution is 6.42. The molecule has 0 aliphatic carbocycles. The van der Waals surface area contributed by atoms with E-state index in [-0.39, 0.29) is 40.5 Å².